The average Bonchev–Trinajstić information content (AvgIpc) is 2.71. The first kappa shape index (κ1) is 12.0. The van der Waals surface area contributed by atoms with Crippen LogP contribution in [0.5, 0.6) is 0 Å². The Hall–Kier alpha value is -1.52. The number of nitrogens with two attached hydrogens (primary N) is 1. The lowest BCUT2D eigenvalue weighted by atomic mass is 10.1. The molecule has 2 aromatic rings. The van der Waals surface area contributed by atoms with Crippen molar-refractivity contribution in [2.24, 2.45) is 5.73 Å². The highest BCUT2D eigenvalue weighted by Crippen LogP contribution is 2.23. The molecule has 0 aliphatic heterocycles. The summed E-state index contributed by atoms with van der Waals surface area (Å²) in [6, 6.07) is 4.90. The van der Waals surface area contributed by atoms with Crippen LogP contribution in [0.25, 0.3) is 10.9 Å². The molecule has 0 aliphatic rings. The number of methoxy groups -OCH3 is 1. The van der Waals surface area contributed by atoms with E-state index in [0.29, 0.717) is 11.4 Å². The summed E-state index contributed by atoms with van der Waals surface area (Å²) >= 11 is 5.94. The van der Waals surface area contributed by atoms with Crippen molar-refractivity contribution in [1.29, 1.82) is 0 Å². The predicted octanol–water partition coefficient (Wildman–Crippen LogP) is 1.86. The van der Waals surface area contributed by atoms with Crippen LogP contribution in [-0.4, -0.2) is 24.1 Å². The Morgan fingerprint density at radius 1 is 1.59 bits per heavy atom. The van der Waals surface area contributed by atoms with Crippen molar-refractivity contribution in [3.63, 3.8) is 0 Å². The van der Waals surface area contributed by atoms with Gasteiger partial charge in [-0.2, -0.15) is 0 Å². The van der Waals surface area contributed by atoms with Crippen molar-refractivity contribution in [3.8, 4) is 0 Å². The van der Waals surface area contributed by atoms with Crippen LogP contribution < -0.4 is 5.73 Å². The molecule has 0 radical (unpaired) electrons. The average molecular weight is 253 g/mol. The van der Waals surface area contributed by atoms with Gasteiger partial charge >= 0.3 is 5.97 Å². The Labute approximate surface area is 104 Å². The first-order valence-electron chi connectivity index (χ1n) is 5.20. The van der Waals surface area contributed by atoms with Crippen molar-refractivity contribution in [2.75, 3.05) is 7.11 Å². The van der Waals surface area contributed by atoms with E-state index in [0.717, 1.165) is 16.5 Å². The quantitative estimate of drug-likeness (QED) is 0.820. The maximum Gasteiger partial charge on any atom is 0.322 e. The van der Waals surface area contributed by atoms with Gasteiger partial charge in [0.1, 0.15) is 6.04 Å². The molecular weight excluding hydrogens is 240 g/mol. The Balaban J connectivity index is 2.30. The van der Waals surface area contributed by atoms with Crippen LogP contribution in [0.3, 0.4) is 0 Å². The summed E-state index contributed by atoms with van der Waals surface area (Å²) in [5, 5.41) is 1.64. The van der Waals surface area contributed by atoms with Gasteiger partial charge in [-0.25, -0.2) is 0 Å². The zero-order valence-electron chi connectivity index (χ0n) is 9.37. The van der Waals surface area contributed by atoms with Crippen LogP contribution >= 0.6 is 11.6 Å². The number of aromatic amines is 1. The van der Waals surface area contributed by atoms with Crippen LogP contribution in [0.4, 0.5) is 0 Å². The minimum absolute atomic E-state index is 0.415. The Kier molecular flexibility index (Phi) is 3.36. The molecule has 0 aliphatic carbocycles. The van der Waals surface area contributed by atoms with Crippen LogP contribution in [0, 0.1) is 0 Å². The number of rotatable bonds is 3. The smallest absolute Gasteiger partial charge is 0.322 e. The maximum atomic E-state index is 11.3. The molecular formula is C12H13ClN2O2. The van der Waals surface area contributed by atoms with Gasteiger partial charge in [-0.3, -0.25) is 4.79 Å². The third kappa shape index (κ3) is 2.43. The predicted molar refractivity (Wildman–Crippen MR) is 67.0 cm³/mol. The highest BCUT2D eigenvalue weighted by molar-refractivity contribution is 6.31. The first-order chi connectivity index (χ1) is 8.11. The molecule has 17 heavy (non-hydrogen) atoms. The van der Waals surface area contributed by atoms with Crippen molar-refractivity contribution >= 4 is 28.5 Å². The number of carbonyl (C=O) groups excluding carboxylic acids is 1. The zero-order valence-corrected chi connectivity index (χ0v) is 10.1. The fourth-order valence-corrected chi connectivity index (χ4v) is 1.96. The summed E-state index contributed by atoms with van der Waals surface area (Å²) in [6.07, 6.45) is 2.26. The Bertz CT molecular complexity index is 550. The van der Waals surface area contributed by atoms with E-state index in [2.05, 4.69) is 9.72 Å². The summed E-state index contributed by atoms with van der Waals surface area (Å²) in [5.74, 6) is -0.415. The molecule has 0 amide bonds. The Morgan fingerprint density at radius 2 is 2.35 bits per heavy atom. The highest BCUT2D eigenvalue weighted by atomic mass is 35.5. The first-order valence-corrected chi connectivity index (χ1v) is 5.58. The largest absolute Gasteiger partial charge is 0.468 e. The highest BCUT2D eigenvalue weighted by Gasteiger charge is 2.16. The molecule has 90 valence electrons. The standard InChI is InChI=1S/C12H13ClN2O2/c1-17-12(16)10(14)4-7-6-15-11-3-2-8(13)5-9(7)11/h2-3,5-6,10,15H,4,14H2,1H3/t10-/m1/s1. The third-order valence-corrected chi connectivity index (χ3v) is 2.91. The number of carbonyl (C=O) groups is 1. The summed E-state index contributed by atoms with van der Waals surface area (Å²) in [7, 11) is 1.33. The molecule has 0 saturated heterocycles. The van der Waals surface area contributed by atoms with Crippen LogP contribution in [0.15, 0.2) is 24.4 Å². The number of hydrogen-bond acceptors (Lipinski definition) is 3. The van der Waals surface area contributed by atoms with Crippen molar-refractivity contribution in [2.45, 2.75) is 12.5 Å². The molecule has 0 bridgehead atoms. The number of H-pyrrole nitrogens is 1. The second-order valence-corrected chi connectivity index (χ2v) is 4.27. The lowest BCUT2D eigenvalue weighted by Crippen LogP contribution is -2.33. The van der Waals surface area contributed by atoms with E-state index in [1.807, 2.05) is 24.4 Å². The molecule has 2 rings (SSSR count). The van der Waals surface area contributed by atoms with E-state index in [1.165, 1.54) is 7.11 Å². The summed E-state index contributed by atoms with van der Waals surface area (Å²) < 4.78 is 4.60. The van der Waals surface area contributed by atoms with Gasteiger partial charge in [0.05, 0.1) is 7.11 Å². The molecule has 5 heteroatoms. The molecule has 1 aromatic heterocycles. The van der Waals surface area contributed by atoms with E-state index < -0.39 is 12.0 Å². The van der Waals surface area contributed by atoms with Crippen LogP contribution in [0.1, 0.15) is 5.56 Å². The van der Waals surface area contributed by atoms with Gasteiger partial charge in [-0.05, 0) is 23.8 Å². The van der Waals surface area contributed by atoms with Crippen LogP contribution in [-0.2, 0) is 16.0 Å². The van der Waals surface area contributed by atoms with Crippen molar-refractivity contribution < 1.29 is 9.53 Å². The summed E-state index contributed by atoms with van der Waals surface area (Å²) in [6.45, 7) is 0. The fourth-order valence-electron chi connectivity index (χ4n) is 1.79. The number of nitrogens with one attached hydrogen (secondary N) is 1. The summed E-state index contributed by atoms with van der Waals surface area (Å²) in [5.41, 5.74) is 7.66. The minimum atomic E-state index is -0.655. The van der Waals surface area contributed by atoms with Gasteiger partial charge in [-0.15, -0.1) is 0 Å². The van der Waals surface area contributed by atoms with Gasteiger partial charge < -0.3 is 15.5 Å². The van der Waals surface area contributed by atoms with Gasteiger partial charge in [0, 0.05) is 28.5 Å². The van der Waals surface area contributed by atoms with Gasteiger partial charge in [0.25, 0.3) is 0 Å². The van der Waals surface area contributed by atoms with E-state index >= 15 is 0 Å². The second kappa shape index (κ2) is 4.77. The van der Waals surface area contributed by atoms with Crippen molar-refractivity contribution in [1.82, 2.24) is 4.98 Å². The molecule has 1 atom stereocenters. The van der Waals surface area contributed by atoms with E-state index in [1.54, 1.807) is 0 Å². The maximum absolute atomic E-state index is 11.3. The van der Waals surface area contributed by atoms with Crippen molar-refractivity contribution in [3.05, 3.63) is 35.0 Å². The van der Waals surface area contributed by atoms with Gasteiger partial charge in [0.2, 0.25) is 0 Å². The monoisotopic (exact) mass is 252 g/mol. The van der Waals surface area contributed by atoms with E-state index in [9.17, 15) is 4.79 Å². The van der Waals surface area contributed by atoms with E-state index in [-0.39, 0.29) is 0 Å². The summed E-state index contributed by atoms with van der Waals surface area (Å²) in [4.78, 5) is 14.4. The lowest BCUT2D eigenvalue weighted by molar-refractivity contribution is -0.142. The molecule has 1 aromatic carbocycles. The molecule has 1 heterocycles. The number of aromatic nitrogens is 1. The van der Waals surface area contributed by atoms with Gasteiger partial charge in [0.15, 0.2) is 0 Å². The van der Waals surface area contributed by atoms with E-state index in [4.69, 9.17) is 17.3 Å². The molecule has 0 fully saturated rings. The molecule has 0 saturated carbocycles. The van der Waals surface area contributed by atoms with Gasteiger partial charge in [-0.1, -0.05) is 11.6 Å². The minimum Gasteiger partial charge on any atom is -0.468 e. The number of hydrogen-bond donors (Lipinski definition) is 2. The number of halogens is 1. The molecule has 4 nitrogen and oxygen atoms in total. The SMILES string of the molecule is COC(=O)[C@H](N)Cc1c[nH]c2ccc(Cl)cc12. The lowest BCUT2D eigenvalue weighted by Gasteiger charge is -2.08. The zero-order chi connectivity index (χ0) is 12.4. The second-order valence-electron chi connectivity index (χ2n) is 3.84. The number of benzene rings is 1. The molecule has 0 spiro atoms. The number of fused-ring (bicyclic) bond motifs is 1. The third-order valence-electron chi connectivity index (χ3n) is 2.67. The Morgan fingerprint density at radius 3 is 3.06 bits per heavy atom. The molecule has 0 unspecified atom stereocenters. The normalized spacial score (nSPS) is 12.6. The topological polar surface area (TPSA) is 68.1 Å². The fraction of sp³-hybridized carbons (Fsp3) is 0.250. The number of esters is 1. The number of ether oxygens (including phenoxy) is 1. The van der Waals surface area contributed by atoms with Crippen LogP contribution in [0.2, 0.25) is 5.02 Å². The molecule has 3 N–H and O–H groups in total.